The van der Waals surface area contributed by atoms with Gasteiger partial charge in [0, 0.05) is 6.42 Å². The van der Waals surface area contributed by atoms with E-state index in [-0.39, 0.29) is 5.91 Å². The molecule has 0 radical (unpaired) electrons. The first-order chi connectivity index (χ1) is 7.70. The highest BCUT2D eigenvalue weighted by Crippen LogP contribution is 2.35. The maximum absolute atomic E-state index is 11.0. The summed E-state index contributed by atoms with van der Waals surface area (Å²) in [6, 6.07) is 6.10. The van der Waals surface area contributed by atoms with Crippen molar-refractivity contribution in [3.05, 3.63) is 29.3 Å². The lowest BCUT2D eigenvalue weighted by atomic mass is 9.81. The first-order valence-electron chi connectivity index (χ1n) is 5.66. The van der Waals surface area contributed by atoms with Crippen LogP contribution >= 0.6 is 0 Å². The van der Waals surface area contributed by atoms with Crippen LogP contribution in [0.2, 0.25) is 0 Å². The third-order valence-corrected chi connectivity index (χ3v) is 3.24. The Morgan fingerprint density at radius 2 is 2.38 bits per heavy atom. The van der Waals surface area contributed by atoms with E-state index in [2.05, 4.69) is 12.1 Å². The quantitative estimate of drug-likeness (QED) is 0.845. The summed E-state index contributed by atoms with van der Waals surface area (Å²) in [6.45, 7) is 0. The van der Waals surface area contributed by atoms with Gasteiger partial charge in [0.25, 0.3) is 0 Å². The zero-order chi connectivity index (χ0) is 11.5. The molecule has 1 atom stereocenters. The molecule has 0 saturated carbocycles. The highest BCUT2D eigenvalue weighted by molar-refractivity contribution is 5.75. The molecule has 0 bridgehead atoms. The van der Waals surface area contributed by atoms with Crippen molar-refractivity contribution >= 4 is 5.91 Å². The van der Waals surface area contributed by atoms with Gasteiger partial charge in [-0.05, 0) is 48.4 Å². The van der Waals surface area contributed by atoms with Crippen molar-refractivity contribution in [1.82, 2.24) is 0 Å². The molecule has 1 aromatic rings. The summed E-state index contributed by atoms with van der Waals surface area (Å²) < 4.78 is 5.20. The van der Waals surface area contributed by atoms with E-state index in [0.717, 1.165) is 25.0 Å². The van der Waals surface area contributed by atoms with Crippen LogP contribution in [0.3, 0.4) is 0 Å². The second-order valence-electron chi connectivity index (χ2n) is 4.32. The van der Waals surface area contributed by atoms with Gasteiger partial charge in [0.05, 0.1) is 7.11 Å². The van der Waals surface area contributed by atoms with Crippen molar-refractivity contribution in [2.75, 3.05) is 7.11 Å². The molecule has 3 heteroatoms. The van der Waals surface area contributed by atoms with Gasteiger partial charge in [-0.1, -0.05) is 6.07 Å². The van der Waals surface area contributed by atoms with Crippen LogP contribution in [0.1, 0.15) is 36.3 Å². The van der Waals surface area contributed by atoms with Crippen molar-refractivity contribution in [2.45, 2.75) is 31.6 Å². The second-order valence-corrected chi connectivity index (χ2v) is 4.32. The average molecular weight is 219 g/mol. The van der Waals surface area contributed by atoms with Crippen LogP contribution in [-0.4, -0.2) is 13.0 Å². The Morgan fingerprint density at radius 1 is 1.56 bits per heavy atom. The zero-order valence-corrected chi connectivity index (χ0v) is 9.53. The van der Waals surface area contributed by atoms with Crippen molar-refractivity contribution in [3.8, 4) is 5.75 Å². The molecular formula is C13H17NO2. The molecule has 1 amide bonds. The number of methoxy groups -OCH3 is 1. The summed E-state index contributed by atoms with van der Waals surface area (Å²) in [5.41, 5.74) is 7.84. The number of nitrogens with two attached hydrogens (primary N) is 1. The molecule has 0 heterocycles. The van der Waals surface area contributed by atoms with Crippen molar-refractivity contribution in [1.29, 1.82) is 0 Å². The molecule has 3 nitrogen and oxygen atoms in total. The number of rotatable bonds is 3. The van der Waals surface area contributed by atoms with Crippen LogP contribution in [0.4, 0.5) is 0 Å². The molecule has 1 aromatic carbocycles. The molecule has 0 aliphatic heterocycles. The van der Waals surface area contributed by atoms with Crippen LogP contribution in [0.25, 0.3) is 0 Å². The molecule has 1 unspecified atom stereocenters. The Hall–Kier alpha value is -1.51. The Morgan fingerprint density at radius 3 is 3.06 bits per heavy atom. The third-order valence-electron chi connectivity index (χ3n) is 3.24. The van der Waals surface area contributed by atoms with Crippen molar-refractivity contribution < 1.29 is 9.53 Å². The van der Waals surface area contributed by atoms with E-state index in [0.29, 0.717) is 12.3 Å². The Kier molecular flexibility index (Phi) is 3.13. The topological polar surface area (TPSA) is 52.3 Å². The number of amides is 1. The number of primary amides is 1. The number of benzene rings is 1. The van der Waals surface area contributed by atoms with Crippen LogP contribution in [0, 0.1) is 0 Å². The highest BCUT2D eigenvalue weighted by Gasteiger charge is 2.21. The molecule has 2 rings (SSSR count). The molecule has 0 spiro atoms. The van der Waals surface area contributed by atoms with Crippen LogP contribution < -0.4 is 10.5 Å². The van der Waals surface area contributed by atoms with E-state index < -0.39 is 0 Å². The second kappa shape index (κ2) is 4.56. The molecule has 0 saturated heterocycles. The monoisotopic (exact) mass is 219 g/mol. The van der Waals surface area contributed by atoms with Gasteiger partial charge in [0.15, 0.2) is 0 Å². The standard InChI is InChI=1S/C13H17NO2/c1-16-11-5-6-12-9(7-11)3-2-4-10(12)8-13(14)15/h5-7,10H,2-4,8H2,1H3,(H2,14,15). The number of fused-ring (bicyclic) bond motifs is 1. The Bertz CT molecular complexity index is 401. The zero-order valence-electron chi connectivity index (χ0n) is 9.53. The number of carbonyl (C=O) groups is 1. The predicted molar refractivity (Wildman–Crippen MR) is 62.5 cm³/mol. The minimum absolute atomic E-state index is 0.214. The van der Waals surface area contributed by atoms with Crippen molar-refractivity contribution in [3.63, 3.8) is 0 Å². The number of aryl methyl sites for hydroxylation is 1. The van der Waals surface area contributed by atoms with Gasteiger partial charge in [-0.15, -0.1) is 0 Å². The Balaban J connectivity index is 2.28. The molecule has 0 aromatic heterocycles. The summed E-state index contributed by atoms with van der Waals surface area (Å²) in [6.07, 6.45) is 3.71. The van der Waals surface area contributed by atoms with Gasteiger partial charge in [-0.25, -0.2) is 0 Å². The molecule has 16 heavy (non-hydrogen) atoms. The van der Waals surface area contributed by atoms with Gasteiger partial charge in [0.2, 0.25) is 5.91 Å². The Labute approximate surface area is 95.6 Å². The summed E-state index contributed by atoms with van der Waals surface area (Å²) >= 11 is 0. The smallest absolute Gasteiger partial charge is 0.218 e. The predicted octanol–water partition coefficient (Wildman–Crippen LogP) is 1.99. The fraction of sp³-hybridized carbons (Fsp3) is 0.462. The maximum atomic E-state index is 11.0. The van der Waals surface area contributed by atoms with Crippen LogP contribution in [0.15, 0.2) is 18.2 Å². The number of hydrogen-bond donors (Lipinski definition) is 1. The van der Waals surface area contributed by atoms with Gasteiger partial charge >= 0.3 is 0 Å². The van der Waals surface area contributed by atoms with Gasteiger partial charge in [-0.2, -0.15) is 0 Å². The minimum atomic E-state index is -0.214. The normalized spacial score (nSPS) is 18.9. The van der Waals surface area contributed by atoms with E-state index in [4.69, 9.17) is 10.5 Å². The van der Waals surface area contributed by atoms with E-state index in [1.54, 1.807) is 7.11 Å². The summed E-state index contributed by atoms with van der Waals surface area (Å²) in [5, 5.41) is 0. The number of ether oxygens (including phenoxy) is 1. The summed E-state index contributed by atoms with van der Waals surface area (Å²) in [5.74, 6) is 0.972. The van der Waals surface area contributed by atoms with Crippen LogP contribution in [0.5, 0.6) is 5.75 Å². The summed E-state index contributed by atoms with van der Waals surface area (Å²) in [4.78, 5) is 11.0. The fourth-order valence-corrected chi connectivity index (χ4v) is 2.47. The highest BCUT2D eigenvalue weighted by atomic mass is 16.5. The lowest BCUT2D eigenvalue weighted by Gasteiger charge is -2.24. The third kappa shape index (κ3) is 2.18. The van der Waals surface area contributed by atoms with Gasteiger partial charge in [0.1, 0.15) is 5.75 Å². The minimum Gasteiger partial charge on any atom is -0.497 e. The van der Waals surface area contributed by atoms with Crippen LogP contribution in [-0.2, 0) is 11.2 Å². The lowest BCUT2D eigenvalue weighted by Crippen LogP contribution is -2.18. The number of hydrogen-bond acceptors (Lipinski definition) is 2. The molecular weight excluding hydrogens is 202 g/mol. The van der Waals surface area contributed by atoms with E-state index in [1.165, 1.54) is 11.1 Å². The molecule has 1 aliphatic rings. The first kappa shape index (κ1) is 11.0. The van der Waals surface area contributed by atoms with E-state index in [9.17, 15) is 4.79 Å². The van der Waals surface area contributed by atoms with E-state index >= 15 is 0 Å². The molecule has 86 valence electrons. The first-order valence-corrected chi connectivity index (χ1v) is 5.66. The SMILES string of the molecule is COc1ccc2c(c1)CCCC2CC(N)=O. The van der Waals surface area contributed by atoms with E-state index in [1.807, 2.05) is 6.07 Å². The lowest BCUT2D eigenvalue weighted by molar-refractivity contribution is -0.118. The number of carbonyl (C=O) groups excluding carboxylic acids is 1. The van der Waals surface area contributed by atoms with Gasteiger partial charge in [-0.3, -0.25) is 4.79 Å². The maximum Gasteiger partial charge on any atom is 0.218 e. The average Bonchev–Trinajstić information content (AvgIpc) is 2.28. The molecule has 0 fully saturated rings. The molecule has 1 aliphatic carbocycles. The fourth-order valence-electron chi connectivity index (χ4n) is 2.47. The molecule has 2 N–H and O–H groups in total. The van der Waals surface area contributed by atoms with Gasteiger partial charge < -0.3 is 10.5 Å². The van der Waals surface area contributed by atoms with Crippen molar-refractivity contribution in [2.24, 2.45) is 5.73 Å². The summed E-state index contributed by atoms with van der Waals surface area (Å²) in [7, 11) is 1.67. The largest absolute Gasteiger partial charge is 0.497 e.